The van der Waals surface area contributed by atoms with Crippen molar-refractivity contribution in [2.24, 2.45) is 0 Å². The van der Waals surface area contributed by atoms with Gasteiger partial charge < -0.3 is 0 Å². The number of aryl methyl sites for hydroxylation is 2. The molecule has 1 fully saturated rings. The number of benzene rings is 2. The number of hydrogen-bond acceptors (Lipinski definition) is 0. The van der Waals surface area contributed by atoms with Crippen LogP contribution in [0.4, 0.5) is 0 Å². The third-order valence-corrected chi connectivity index (χ3v) is 6.02. The van der Waals surface area contributed by atoms with E-state index in [2.05, 4.69) is 62.4 Å². The van der Waals surface area contributed by atoms with Crippen molar-refractivity contribution >= 4 is 17.2 Å². The van der Waals surface area contributed by atoms with Gasteiger partial charge in [0.1, 0.15) is 0 Å². The fourth-order valence-electron chi connectivity index (χ4n) is 4.86. The van der Waals surface area contributed by atoms with Gasteiger partial charge in [0.05, 0.1) is 0 Å². The molecule has 0 saturated heterocycles. The van der Waals surface area contributed by atoms with Crippen molar-refractivity contribution < 1.29 is 0 Å². The van der Waals surface area contributed by atoms with Crippen LogP contribution in [-0.4, -0.2) is 0 Å². The molecule has 0 aliphatic heterocycles. The monoisotopic (exact) mass is 324 g/mol. The molecule has 0 nitrogen and oxygen atoms in total. The molecule has 1 saturated carbocycles. The summed E-state index contributed by atoms with van der Waals surface area (Å²) in [5, 5.41) is 5.78. The van der Waals surface area contributed by atoms with Gasteiger partial charge in [0.25, 0.3) is 0 Å². The van der Waals surface area contributed by atoms with E-state index in [0.717, 1.165) is 6.42 Å². The van der Waals surface area contributed by atoms with Crippen LogP contribution < -0.4 is 10.4 Å². The molecule has 2 aromatic rings. The maximum Gasteiger partial charge on any atom is -0.00675 e. The van der Waals surface area contributed by atoms with Gasteiger partial charge in [-0.2, -0.15) is 0 Å². The Hall–Kier alpha value is -2.34. The van der Waals surface area contributed by atoms with Gasteiger partial charge in [-0.3, -0.25) is 0 Å². The lowest BCUT2D eigenvalue weighted by Gasteiger charge is -2.14. The largest absolute Gasteiger partial charge is 0.0801 e. The molecule has 0 heterocycles. The summed E-state index contributed by atoms with van der Waals surface area (Å²) in [7, 11) is 0. The molecule has 0 radical (unpaired) electrons. The average Bonchev–Trinajstić information content (AvgIpc) is 3.34. The Morgan fingerprint density at radius 1 is 0.920 bits per heavy atom. The van der Waals surface area contributed by atoms with Crippen LogP contribution in [0.25, 0.3) is 17.2 Å². The molecule has 0 atom stereocenters. The highest BCUT2D eigenvalue weighted by Gasteiger charge is 2.19. The van der Waals surface area contributed by atoms with E-state index in [-0.39, 0.29) is 0 Å². The Labute approximate surface area is 149 Å². The van der Waals surface area contributed by atoms with Gasteiger partial charge in [-0.05, 0) is 95.2 Å². The van der Waals surface area contributed by atoms with Gasteiger partial charge in [-0.25, -0.2) is 0 Å². The van der Waals surface area contributed by atoms with E-state index >= 15 is 0 Å². The lowest BCUT2D eigenvalue weighted by Crippen LogP contribution is -2.18. The molecule has 0 unspecified atom stereocenters. The molecule has 5 rings (SSSR count). The minimum Gasteiger partial charge on any atom is -0.0801 e. The maximum absolute atomic E-state index is 2.45. The zero-order chi connectivity index (χ0) is 17.0. The summed E-state index contributed by atoms with van der Waals surface area (Å²) >= 11 is 0. The predicted octanol–water partition coefficient (Wildman–Crippen LogP) is 4.80. The molecule has 3 aliphatic rings. The molecule has 0 heteroatoms. The first-order chi connectivity index (χ1) is 12.2. The first-order valence-electron chi connectivity index (χ1n) is 9.57. The highest BCUT2D eigenvalue weighted by molar-refractivity contribution is 5.81. The Bertz CT molecular complexity index is 1160. The summed E-state index contributed by atoms with van der Waals surface area (Å²) in [6.45, 7) is 4.51. The minimum absolute atomic E-state index is 1.07. The van der Waals surface area contributed by atoms with Crippen molar-refractivity contribution in [1.29, 1.82) is 0 Å². The van der Waals surface area contributed by atoms with E-state index in [4.69, 9.17) is 0 Å². The van der Waals surface area contributed by atoms with Crippen molar-refractivity contribution in [3.63, 3.8) is 0 Å². The number of fused-ring (bicyclic) bond motifs is 2. The van der Waals surface area contributed by atoms with Crippen LogP contribution in [0, 0.1) is 24.3 Å². The first-order valence-corrected chi connectivity index (χ1v) is 9.57. The Morgan fingerprint density at radius 3 is 2.52 bits per heavy atom. The maximum atomic E-state index is 2.45. The molecule has 3 aliphatic carbocycles. The van der Waals surface area contributed by atoms with Crippen LogP contribution >= 0.6 is 0 Å². The van der Waals surface area contributed by atoms with E-state index in [0.29, 0.717) is 0 Å². The van der Waals surface area contributed by atoms with Crippen LogP contribution in [-0.2, 0) is 0 Å². The normalized spacial score (nSPS) is 17.5. The van der Waals surface area contributed by atoms with E-state index in [1.807, 2.05) is 0 Å². The van der Waals surface area contributed by atoms with Gasteiger partial charge in [0.15, 0.2) is 0 Å². The number of rotatable bonds is 1. The highest BCUT2D eigenvalue weighted by atomic mass is 14.2. The Kier molecular flexibility index (Phi) is 3.35. The van der Waals surface area contributed by atoms with Crippen molar-refractivity contribution in [2.75, 3.05) is 0 Å². The van der Waals surface area contributed by atoms with Gasteiger partial charge in [-0.15, -0.1) is 0 Å². The quantitative estimate of drug-likeness (QED) is 0.603. The van der Waals surface area contributed by atoms with E-state index in [1.165, 1.54) is 69.2 Å². The molecule has 0 aromatic heterocycles. The zero-order valence-corrected chi connectivity index (χ0v) is 15.2. The van der Waals surface area contributed by atoms with Crippen molar-refractivity contribution in [1.82, 2.24) is 0 Å². The van der Waals surface area contributed by atoms with Crippen molar-refractivity contribution in [3.8, 4) is 0 Å². The van der Waals surface area contributed by atoms with Gasteiger partial charge >= 0.3 is 0 Å². The average molecular weight is 324 g/mol. The van der Waals surface area contributed by atoms with Crippen molar-refractivity contribution in [3.05, 3.63) is 85.6 Å². The summed E-state index contributed by atoms with van der Waals surface area (Å²) in [6.07, 6.45) is 15.6. The summed E-state index contributed by atoms with van der Waals surface area (Å²) < 4.78 is 0. The predicted molar refractivity (Wildman–Crippen MR) is 106 cm³/mol. The Morgan fingerprint density at radius 2 is 1.76 bits per heavy atom. The SMILES string of the molecule is Cc1ccc2c(c1)=c1cc(C)c(=C3CCCC3)c(C3=CC=CC3)c1C=2. The lowest BCUT2D eigenvalue weighted by molar-refractivity contribution is 0.886. The lowest BCUT2D eigenvalue weighted by atomic mass is 9.90. The van der Waals surface area contributed by atoms with Crippen LogP contribution in [0.2, 0.25) is 0 Å². The molecule has 25 heavy (non-hydrogen) atoms. The minimum atomic E-state index is 1.07. The van der Waals surface area contributed by atoms with Gasteiger partial charge in [0.2, 0.25) is 0 Å². The fraction of sp³-hybridized carbons (Fsp3) is 0.280. The highest BCUT2D eigenvalue weighted by Crippen LogP contribution is 2.31. The smallest absolute Gasteiger partial charge is 0.00675 e. The fourth-order valence-corrected chi connectivity index (χ4v) is 4.86. The summed E-state index contributed by atoms with van der Waals surface area (Å²) in [4.78, 5) is 0. The second-order valence-corrected chi connectivity index (χ2v) is 7.77. The molecule has 0 amide bonds. The summed E-state index contributed by atoms with van der Waals surface area (Å²) in [6, 6.07) is 9.32. The van der Waals surface area contributed by atoms with E-state index in [9.17, 15) is 0 Å². The zero-order valence-electron chi connectivity index (χ0n) is 15.2. The van der Waals surface area contributed by atoms with E-state index in [1.54, 1.807) is 10.8 Å². The van der Waals surface area contributed by atoms with Crippen LogP contribution in [0.3, 0.4) is 0 Å². The summed E-state index contributed by atoms with van der Waals surface area (Å²) in [5.74, 6) is 0. The topological polar surface area (TPSA) is 0 Å². The van der Waals surface area contributed by atoms with Crippen molar-refractivity contribution in [2.45, 2.75) is 46.0 Å². The molecule has 0 bridgehead atoms. The Balaban J connectivity index is 1.98. The molecule has 0 spiro atoms. The van der Waals surface area contributed by atoms with E-state index < -0.39 is 0 Å². The molecule has 2 aromatic carbocycles. The van der Waals surface area contributed by atoms with Gasteiger partial charge in [-0.1, -0.05) is 53.6 Å². The van der Waals surface area contributed by atoms with Crippen LogP contribution in [0.1, 0.15) is 54.4 Å². The molecule has 0 N–H and O–H groups in total. The summed E-state index contributed by atoms with van der Waals surface area (Å²) in [5.41, 5.74) is 8.96. The number of hydrogen-bond donors (Lipinski definition) is 0. The van der Waals surface area contributed by atoms with Crippen LogP contribution in [0.5, 0.6) is 0 Å². The standard InChI is InChI=1S/C25H24/c1-16-11-12-20-15-23-22(21(20)13-16)14-17(2)24(18-7-3-4-8-18)25(23)19-9-5-6-10-19/h5-6,9,11-15H,3-4,7-8,10H2,1-2H3. The third kappa shape index (κ3) is 2.28. The second-order valence-electron chi connectivity index (χ2n) is 7.77. The molecular formula is C25H24. The molecule has 124 valence electrons. The van der Waals surface area contributed by atoms with Crippen LogP contribution in [0.15, 0.2) is 42.5 Å². The van der Waals surface area contributed by atoms with Gasteiger partial charge in [0, 0.05) is 0 Å². The molecular weight excluding hydrogens is 300 g/mol. The third-order valence-electron chi connectivity index (χ3n) is 6.02. The number of allylic oxidation sites excluding steroid dienone is 4. The first kappa shape index (κ1) is 15.0. The second kappa shape index (κ2) is 5.59.